The molecule has 0 saturated heterocycles. The largest absolute Gasteiger partial charge is 0.491 e. The molecular weight excluding hydrogens is 252 g/mol. The number of H-pyrrole nitrogens is 1. The van der Waals surface area contributed by atoms with Gasteiger partial charge in [-0.05, 0) is 39.3 Å². The lowest BCUT2D eigenvalue weighted by Gasteiger charge is -2.11. The molecule has 0 atom stereocenters. The number of nitrogens with zero attached hydrogens (tertiary/aromatic N) is 1. The summed E-state index contributed by atoms with van der Waals surface area (Å²) >= 11 is 0. The van der Waals surface area contributed by atoms with E-state index in [9.17, 15) is 4.79 Å². The second-order valence-electron chi connectivity index (χ2n) is 5.03. The Balaban J connectivity index is 2.44. The van der Waals surface area contributed by atoms with Crippen molar-refractivity contribution in [3.05, 3.63) is 45.9 Å². The molecule has 0 unspecified atom stereocenters. The van der Waals surface area contributed by atoms with Crippen LogP contribution in [-0.2, 0) is 6.42 Å². The maximum absolute atomic E-state index is 12.0. The third-order valence-electron chi connectivity index (χ3n) is 3.06. The molecule has 2 rings (SSSR count). The molecule has 20 heavy (non-hydrogen) atoms. The lowest BCUT2D eigenvalue weighted by Crippen LogP contribution is -2.16. The summed E-state index contributed by atoms with van der Waals surface area (Å²) in [6.45, 7) is 7.78. The Morgan fingerprint density at radius 1 is 1.35 bits per heavy atom. The summed E-state index contributed by atoms with van der Waals surface area (Å²) in [5.74, 6) is 1.36. The minimum atomic E-state index is -0.0646. The van der Waals surface area contributed by atoms with E-state index in [4.69, 9.17) is 4.74 Å². The summed E-state index contributed by atoms with van der Waals surface area (Å²) < 4.78 is 5.66. The Labute approximate surface area is 118 Å². The highest BCUT2D eigenvalue weighted by molar-refractivity contribution is 5.57. The van der Waals surface area contributed by atoms with Crippen LogP contribution in [0.1, 0.15) is 32.0 Å². The molecule has 0 saturated carbocycles. The molecule has 106 valence electrons. The van der Waals surface area contributed by atoms with Gasteiger partial charge in [0.2, 0.25) is 0 Å². The first-order valence-corrected chi connectivity index (χ1v) is 6.88. The van der Waals surface area contributed by atoms with Crippen molar-refractivity contribution in [1.29, 1.82) is 0 Å². The highest BCUT2D eigenvalue weighted by Crippen LogP contribution is 2.21. The summed E-state index contributed by atoms with van der Waals surface area (Å²) in [6.07, 6.45) is 0.798. The molecule has 0 aliphatic heterocycles. The molecule has 1 aromatic heterocycles. The number of nitrogens with one attached hydrogen (secondary N) is 1. The average molecular weight is 272 g/mol. The van der Waals surface area contributed by atoms with Crippen molar-refractivity contribution in [2.24, 2.45) is 0 Å². The third kappa shape index (κ3) is 3.07. The van der Waals surface area contributed by atoms with E-state index in [0.29, 0.717) is 12.2 Å². The van der Waals surface area contributed by atoms with Crippen LogP contribution in [0.2, 0.25) is 0 Å². The maximum atomic E-state index is 12.0. The lowest BCUT2D eigenvalue weighted by atomic mass is 10.1. The van der Waals surface area contributed by atoms with Crippen molar-refractivity contribution < 1.29 is 4.74 Å². The van der Waals surface area contributed by atoms with Gasteiger partial charge >= 0.3 is 0 Å². The summed E-state index contributed by atoms with van der Waals surface area (Å²) in [6, 6.07) is 7.60. The van der Waals surface area contributed by atoms with Crippen LogP contribution < -0.4 is 10.3 Å². The Kier molecular flexibility index (Phi) is 4.23. The molecule has 4 nitrogen and oxygen atoms in total. The molecule has 0 amide bonds. The summed E-state index contributed by atoms with van der Waals surface area (Å²) in [5, 5.41) is 0. The molecule has 0 radical (unpaired) electrons. The number of hydrogen-bond acceptors (Lipinski definition) is 3. The van der Waals surface area contributed by atoms with Gasteiger partial charge < -0.3 is 9.72 Å². The van der Waals surface area contributed by atoms with Crippen molar-refractivity contribution in [2.75, 3.05) is 0 Å². The van der Waals surface area contributed by atoms with Crippen molar-refractivity contribution in [1.82, 2.24) is 9.97 Å². The van der Waals surface area contributed by atoms with Crippen LogP contribution in [0.5, 0.6) is 5.75 Å². The van der Waals surface area contributed by atoms with Crippen LogP contribution in [0.4, 0.5) is 0 Å². The lowest BCUT2D eigenvalue weighted by molar-refractivity contribution is 0.242. The zero-order chi connectivity index (χ0) is 14.7. The predicted octanol–water partition coefficient (Wildman–Crippen LogP) is 3.09. The van der Waals surface area contributed by atoms with Crippen LogP contribution in [0, 0.1) is 6.92 Å². The van der Waals surface area contributed by atoms with Crippen LogP contribution >= 0.6 is 0 Å². The molecule has 0 aliphatic carbocycles. The van der Waals surface area contributed by atoms with Gasteiger partial charge in [0.05, 0.1) is 6.10 Å². The van der Waals surface area contributed by atoms with Gasteiger partial charge in [-0.3, -0.25) is 4.79 Å². The molecule has 2 aromatic rings. The van der Waals surface area contributed by atoms with E-state index in [0.717, 1.165) is 22.6 Å². The molecule has 0 aliphatic rings. The first-order chi connectivity index (χ1) is 9.51. The van der Waals surface area contributed by atoms with E-state index in [-0.39, 0.29) is 11.7 Å². The number of benzene rings is 1. The average Bonchev–Trinajstić information content (AvgIpc) is 2.38. The Hall–Kier alpha value is -2.10. The van der Waals surface area contributed by atoms with E-state index >= 15 is 0 Å². The van der Waals surface area contributed by atoms with E-state index in [1.54, 1.807) is 0 Å². The fourth-order valence-electron chi connectivity index (χ4n) is 2.15. The minimum Gasteiger partial charge on any atom is -0.491 e. The SMILES string of the molecule is CCc1c(C)nc(-c2cccc(OC(C)C)c2)[nH]c1=O. The van der Waals surface area contributed by atoms with Crippen molar-refractivity contribution in [3.63, 3.8) is 0 Å². The number of aromatic nitrogens is 2. The zero-order valence-electron chi connectivity index (χ0n) is 12.4. The van der Waals surface area contributed by atoms with Crippen molar-refractivity contribution in [3.8, 4) is 17.1 Å². The van der Waals surface area contributed by atoms with E-state index < -0.39 is 0 Å². The van der Waals surface area contributed by atoms with Gasteiger partial charge in [-0.2, -0.15) is 0 Å². The monoisotopic (exact) mass is 272 g/mol. The van der Waals surface area contributed by atoms with Crippen molar-refractivity contribution in [2.45, 2.75) is 40.2 Å². The van der Waals surface area contributed by atoms with Gasteiger partial charge in [-0.1, -0.05) is 19.1 Å². The highest BCUT2D eigenvalue weighted by Gasteiger charge is 2.09. The normalized spacial score (nSPS) is 10.8. The Bertz CT molecular complexity index is 660. The number of rotatable bonds is 4. The van der Waals surface area contributed by atoms with E-state index in [1.807, 2.05) is 52.0 Å². The zero-order valence-corrected chi connectivity index (χ0v) is 12.4. The minimum absolute atomic E-state index is 0.0646. The number of ether oxygens (including phenoxy) is 1. The number of hydrogen-bond donors (Lipinski definition) is 1. The molecule has 1 N–H and O–H groups in total. The standard InChI is InChI=1S/C16H20N2O2/c1-5-14-11(4)17-15(18-16(14)19)12-7-6-8-13(9-12)20-10(2)3/h6-10H,5H2,1-4H3,(H,17,18,19). The third-order valence-corrected chi connectivity index (χ3v) is 3.06. The molecule has 4 heteroatoms. The van der Waals surface area contributed by atoms with Crippen LogP contribution in [0.3, 0.4) is 0 Å². The molecule has 0 fully saturated rings. The van der Waals surface area contributed by atoms with Gasteiger partial charge in [-0.15, -0.1) is 0 Å². The van der Waals surface area contributed by atoms with E-state index in [2.05, 4.69) is 9.97 Å². The maximum Gasteiger partial charge on any atom is 0.254 e. The van der Waals surface area contributed by atoms with Gasteiger partial charge in [0.15, 0.2) is 0 Å². The van der Waals surface area contributed by atoms with Gasteiger partial charge in [0.1, 0.15) is 11.6 Å². The van der Waals surface area contributed by atoms with Gasteiger partial charge in [0.25, 0.3) is 5.56 Å². The summed E-state index contributed by atoms with van der Waals surface area (Å²) in [5.41, 5.74) is 2.31. The van der Waals surface area contributed by atoms with Crippen LogP contribution in [0.15, 0.2) is 29.1 Å². The Morgan fingerprint density at radius 3 is 2.70 bits per heavy atom. The smallest absolute Gasteiger partial charge is 0.254 e. The number of aromatic amines is 1. The topological polar surface area (TPSA) is 55.0 Å². The van der Waals surface area contributed by atoms with E-state index in [1.165, 1.54) is 0 Å². The van der Waals surface area contributed by atoms with Gasteiger partial charge in [0, 0.05) is 16.8 Å². The van der Waals surface area contributed by atoms with Crippen LogP contribution in [-0.4, -0.2) is 16.1 Å². The van der Waals surface area contributed by atoms with Crippen LogP contribution in [0.25, 0.3) is 11.4 Å². The molecule has 0 bridgehead atoms. The summed E-state index contributed by atoms with van der Waals surface area (Å²) in [4.78, 5) is 19.3. The Morgan fingerprint density at radius 2 is 2.10 bits per heavy atom. The second kappa shape index (κ2) is 5.90. The fourth-order valence-corrected chi connectivity index (χ4v) is 2.15. The second-order valence-corrected chi connectivity index (χ2v) is 5.03. The molecule has 1 aromatic carbocycles. The van der Waals surface area contributed by atoms with Gasteiger partial charge in [-0.25, -0.2) is 4.98 Å². The van der Waals surface area contributed by atoms with Crippen molar-refractivity contribution >= 4 is 0 Å². The predicted molar refractivity (Wildman–Crippen MR) is 80.2 cm³/mol. The quantitative estimate of drug-likeness (QED) is 0.930. The number of aryl methyl sites for hydroxylation is 1. The fraction of sp³-hybridized carbons (Fsp3) is 0.375. The molecular formula is C16H20N2O2. The first kappa shape index (κ1) is 14.3. The highest BCUT2D eigenvalue weighted by atomic mass is 16.5. The molecule has 0 spiro atoms. The first-order valence-electron chi connectivity index (χ1n) is 6.88. The molecule has 1 heterocycles. The summed E-state index contributed by atoms with van der Waals surface area (Å²) in [7, 11) is 0.